The molecule has 0 spiro atoms. The molecule has 0 saturated carbocycles. The van der Waals surface area contributed by atoms with E-state index in [2.05, 4.69) is 64.0 Å². The summed E-state index contributed by atoms with van der Waals surface area (Å²) in [6.45, 7) is 8.89. The van der Waals surface area contributed by atoms with Crippen LogP contribution in [0, 0.1) is 19.2 Å². The summed E-state index contributed by atoms with van der Waals surface area (Å²) in [7, 11) is -1.34. The minimum atomic E-state index is -1.34. The maximum atomic E-state index is 5.72. The maximum absolute atomic E-state index is 5.72. The third kappa shape index (κ3) is 6.08. The summed E-state index contributed by atoms with van der Waals surface area (Å²) in [6, 6.07) is 27.1. The van der Waals surface area contributed by atoms with Crippen LogP contribution >= 0.6 is 0 Å². The van der Waals surface area contributed by atoms with Gasteiger partial charge in [0.05, 0.1) is 8.07 Å². The molecule has 0 fully saturated rings. The van der Waals surface area contributed by atoms with Gasteiger partial charge in [0.2, 0.25) is 5.71 Å². The van der Waals surface area contributed by atoms with Crippen LogP contribution in [0.15, 0.2) is 89.6 Å². The molecule has 37 heavy (non-hydrogen) atoms. The Morgan fingerprint density at radius 1 is 0.784 bits per heavy atom. The minimum Gasteiger partial charge on any atom is -0.467 e. The van der Waals surface area contributed by atoms with E-state index >= 15 is 0 Å². The standard InChI is InChI=1S/C19H18N3OSi.C11H8N.Ir/c1-12-5-7-15-16-9-13(10-21-18(16)23-19(15)22-12)17-8-6-14(11-20-17)24(2,3)4;1-2-6-10(7-3-1)11-8-4-5-9-12-11;/h5-9,11H,1-4H3;1-6,8-9H;/q2*-1;. The van der Waals surface area contributed by atoms with Crippen LogP contribution in [0.1, 0.15) is 5.69 Å². The zero-order valence-corrected chi connectivity index (χ0v) is 24.5. The smallest absolute Gasteiger partial charge is 0.217 e. The normalized spacial score (nSPS) is 11.0. The summed E-state index contributed by atoms with van der Waals surface area (Å²) in [4.78, 5) is 17.6. The van der Waals surface area contributed by atoms with Gasteiger partial charge in [-0.3, -0.25) is 0 Å². The molecular formula is C30H26IrN4OSi-2. The molecule has 1 aromatic carbocycles. The molecule has 0 unspecified atom stereocenters. The zero-order valence-electron chi connectivity index (χ0n) is 21.1. The van der Waals surface area contributed by atoms with Crippen LogP contribution < -0.4 is 5.19 Å². The quantitative estimate of drug-likeness (QED) is 0.155. The van der Waals surface area contributed by atoms with Gasteiger partial charge in [0, 0.05) is 43.6 Å². The van der Waals surface area contributed by atoms with Gasteiger partial charge in [0.15, 0.2) is 0 Å². The van der Waals surface area contributed by atoms with E-state index in [-0.39, 0.29) is 20.1 Å². The Labute approximate surface area is 231 Å². The van der Waals surface area contributed by atoms with Gasteiger partial charge in [0.1, 0.15) is 5.71 Å². The van der Waals surface area contributed by atoms with E-state index in [0.29, 0.717) is 11.4 Å². The largest absolute Gasteiger partial charge is 0.467 e. The molecule has 0 atom stereocenters. The van der Waals surface area contributed by atoms with E-state index in [1.807, 2.05) is 73.8 Å². The van der Waals surface area contributed by atoms with E-state index in [0.717, 1.165) is 39.0 Å². The Balaban J connectivity index is 0.000000208. The number of aromatic nitrogens is 4. The summed E-state index contributed by atoms with van der Waals surface area (Å²) in [5, 5.41) is 3.26. The van der Waals surface area contributed by atoms with E-state index in [1.165, 1.54) is 5.19 Å². The fourth-order valence-electron chi connectivity index (χ4n) is 3.79. The topological polar surface area (TPSA) is 64.7 Å². The van der Waals surface area contributed by atoms with Gasteiger partial charge in [-0.05, 0) is 53.3 Å². The number of rotatable bonds is 3. The Kier molecular flexibility index (Phi) is 8.08. The second kappa shape index (κ2) is 11.3. The number of benzene rings is 1. The van der Waals surface area contributed by atoms with Crippen LogP contribution in [0.25, 0.3) is 44.7 Å². The summed E-state index contributed by atoms with van der Waals surface area (Å²) in [5.74, 6) is 0. The fraction of sp³-hybridized carbons (Fsp3) is 0.133. The van der Waals surface area contributed by atoms with E-state index < -0.39 is 8.07 Å². The summed E-state index contributed by atoms with van der Waals surface area (Å²) in [5.41, 5.74) is 5.86. The third-order valence-electron chi connectivity index (χ3n) is 5.84. The molecule has 0 amide bonds. The molecule has 0 saturated heterocycles. The Morgan fingerprint density at radius 3 is 2.27 bits per heavy atom. The molecular weight excluding hydrogens is 653 g/mol. The number of nitrogens with zero attached hydrogens (tertiary/aromatic N) is 4. The number of hydrogen-bond acceptors (Lipinski definition) is 5. The average Bonchev–Trinajstić information content (AvgIpc) is 3.26. The number of pyridine rings is 4. The number of fused-ring (bicyclic) bond motifs is 3. The van der Waals surface area contributed by atoms with Crippen molar-refractivity contribution in [2.24, 2.45) is 0 Å². The maximum Gasteiger partial charge on any atom is 0.217 e. The van der Waals surface area contributed by atoms with E-state index in [9.17, 15) is 0 Å². The van der Waals surface area contributed by atoms with Crippen LogP contribution in [-0.4, -0.2) is 28.0 Å². The summed E-state index contributed by atoms with van der Waals surface area (Å²) < 4.78 is 5.72. The molecule has 0 N–H and O–H groups in total. The van der Waals surface area contributed by atoms with Crippen molar-refractivity contribution in [2.75, 3.05) is 0 Å². The molecule has 0 aliphatic carbocycles. The van der Waals surface area contributed by atoms with Gasteiger partial charge in [-0.2, -0.15) is 0 Å². The third-order valence-corrected chi connectivity index (χ3v) is 7.86. The van der Waals surface area contributed by atoms with Crippen LogP contribution in [0.4, 0.5) is 0 Å². The van der Waals surface area contributed by atoms with E-state index in [4.69, 9.17) is 4.42 Å². The summed E-state index contributed by atoms with van der Waals surface area (Å²) in [6.07, 6.45) is 6.81. The fourth-order valence-corrected chi connectivity index (χ4v) is 4.83. The first-order valence-corrected chi connectivity index (χ1v) is 15.3. The first-order chi connectivity index (χ1) is 17.4. The van der Waals surface area contributed by atoms with Gasteiger partial charge < -0.3 is 19.4 Å². The van der Waals surface area contributed by atoms with Crippen LogP contribution in [0.3, 0.4) is 0 Å². The van der Waals surface area contributed by atoms with E-state index in [1.54, 1.807) is 6.20 Å². The molecule has 0 bridgehead atoms. The minimum absolute atomic E-state index is 0. The molecule has 5 nitrogen and oxygen atoms in total. The molecule has 5 aromatic heterocycles. The Bertz CT molecular complexity index is 1580. The molecule has 0 aliphatic rings. The molecule has 5 heterocycles. The Hall–Kier alpha value is -3.51. The van der Waals surface area contributed by atoms with Crippen LogP contribution in [-0.2, 0) is 20.1 Å². The van der Waals surface area contributed by atoms with Crippen molar-refractivity contribution in [1.29, 1.82) is 0 Å². The van der Waals surface area contributed by atoms with Gasteiger partial charge >= 0.3 is 0 Å². The van der Waals surface area contributed by atoms with Crippen molar-refractivity contribution in [1.82, 2.24) is 19.9 Å². The molecule has 1 radical (unpaired) electrons. The van der Waals surface area contributed by atoms with Crippen LogP contribution in [0.2, 0.25) is 19.6 Å². The van der Waals surface area contributed by atoms with Crippen molar-refractivity contribution < 1.29 is 24.5 Å². The predicted octanol–water partition coefficient (Wildman–Crippen LogP) is 6.64. The van der Waals surface area contributed by atoms with Gasteiger partial charge in [-0.15, -0.1) is 47.5 Å². The second-order valence-electron chi connectivity index (χ2n) is 9.58. The van der Waals surface area contributed by atoms with Crippen molar-refractivity contribution in [3.63, 3.8) is 0 Å². The molecule has 7 heteroatoms. The monoisotopic (exact) mass is 679 g/mol. The van der Waals surface area contributed by atoms with Crippen molar-refractivity contribution in [3.8, 4) is 22.5 Å². The summed E-state index contributed by atoms with van der Waals surface area (Å²) >= 11 is 0. The SMILES string of the molecule is Cc1ccc2c(n1)oc1n[c-]c(-c3ccc([Si](C)(C)C)cn3)cc12.[Ir].[c-]1ccccc1-c1ccccn1. The van der Waals surface area contributed by atoms with Gasteiger partial charge in [-0.1, -0.05) is 43.9 Å². The molecule has 0 aliphatic heterocycles. The number of aryl methyl sites for hydroxylation is 1. The first kappa shape index (κ1) is 26.5. The molecule has 6 aromatic rings. The van der Waals surface area contributed by atoms with Crippen molar-refractivity contribution in [2.45, 2.75) is 26.6 Å². The van der Waals surface area contributed by atoms with Crippen molar-refractivity contribution in [3.05, 3.63) is 103 Å². The van der Waals surface area contributed by atoms with Gasteiger partial charge in [0.25, 0.3) is 0 Å². The predicted molar refractivity (Wildman–Crippen MR) is 148 cm³/mol. The van der Waals surface area contributed by atoms with Crippen molar-refractivity contribution >= 4 is 35.5 Å². The average molecular weight is 679 g/mol. The number of hydrogen-bond donors (Lipinski definition) is 0. The second-order valence-corrected chi connectivity index (χ2v) is 14.7. The zero-order chi connectivity index (χ0) is 25.1. The molecule has 6 rings (SSSR count). The molecule has 187 valence electrons. The Morgan fingerprint density at radius 2 is 1.59 bits per heavy atom. The van der Waals surface area contributed by atoms with Crippen LogP contribution in [0.5, 0.6) is 0 Å². The first-order valence-electron chi connectivity index (χ1n) is 11.8. The number of furan rings is 1. The van der Waals surface area contributed by atoms with Gasteiger partial charge in [-0.25, -0.2) is 4.98 Å².